The van der Waals surface area contributed by atoms with Gasteiger partial charge in [0, 0.05) is 22.7 Å². The fourth-order valence-corrected chi connectivity index (χ4v) is 5.64. The fraction of sp³-hybridized carbons (Fsp3) is 0.409. The van der Waals surface area contributed by atoms with Crippen LogP contribution in [0.25, 0.3) is 11.0 Å². The predicted molar refractivity (Wildman–Crippen MR) is 119 cm³/mol. The van der Waals surface area contributed by atoms with E-state index in [1.54, 1.807) is 6.20 Å². The summed E-state index contributed by atoms with van der Waals surface area (Å²) in [6, 6.07) is 8.28. The molecule has 0 saturated carbocycles. The molecule has 0 aliphatic carbocycles. The normalized spacial score (nSPS) is 18.3. The van der Waals surface area contributed by atoms with Crippen LogP contribution in [0.1, 0.15) is 44.1 Å². The van der Waals surface area contributed by atoms with Crippen molar-refractivity contribution >= 4 is 46.0 Å². The number of aromatic nitrogens is 3. The third-order valence-corrected chi connectivity index (χ3v) is 7.95. The Morgan fingerprint density at radius 1 is 1.24 bits per heavy atom. The summed E-state index contributed by atoms with van der Waals surface area (Å²) in [5.41, 5.74) is 3.52. The number of fused-ring (bicyclic) bond motifs is 2. The van der Waals surface area contributed by atoms with Crippen LogP contribution in [0.3, 0.4) is 0 Å². The SMILES string of the molecule is CCC1(CC)C(=O)N(Cc2nc3cc(Cl)ccc3n2C2CSC2)c2cnccc21. The highest BCUT2D eigenvalue weighted by atomic mass is 35.5. The molecule has 0 bridgehead atoms. The van der Waals surface area contributed by atoms with Gasteiger partial charge in [0.15, 0.2) is 0 Å². The van der Waals surface area contributed by atoms with Gasteiger partial charge >= 0.3 is 0 Å². The van der Waals surface area contributed by atoms with Crippen LogP contribution in [-0.4, -0.2) is 31.9 Å². The summed E-state index contributed by atoms with van der Waals surface area (Å²) in [5, 5.41) is 0.680. The van der Waals surface area contributed by atoms with Crippen LogP contribution in [0, 0.1) is 0 Å². The highest BCUT2D eigenvalue weighted by Crippen LogP contribution is 2.46. The van der Waals surface area contributed by atoms with E-state index in [4.69, 9.17) is 16.6 Å². The minimum Gasteiger partial charge on any atom is -0.322 e. The zero-order valence-electron chi connectivity index (χ0n) is 16.6. The van der Waals surface area contributed by atoms with Crippen molar-refractivity contribution in [1.29, 1.82) is 0 Å². The number of halogens is 1. The Kier molecular flexibility index (Phi) is 4.59. The summed E-state index contributed by atoms with van der Waals surface area (Å²) in [7, 11) is 0. The second kappa shape index (κ2) is 7.03. The fourth-order valence-electron chi connectivity index (χ4n) is 4.73. The van der Waals surface area contributed by atoms with Gasteiger partial charge in [-0.15, -0.1) is 0 Å². The Bertz CT molecular complexity index is 1100. The van der Waals surface area contributed by atoms with Gasteiger partial charge in [-0.05, 0) is 42.7 Å². The van der Waals surface area contributed by atoms with E-state index in [-0.39, 0.29) is 5.91 Å². The van der Waals surface area contributed by atoms with Crippen molar-refractivity contribution in [2.24, 2.45) is 0 Å². The van der Waals surface area contributed by atoms with E-state index in [2.05, 4.69) is 23.4 Å². The minimum atomic E-state index is -0.468. The van der Waals surface area contributed by atoms with Crippen LogP contribution in [0.2, 0.25) is 5.02 Å². The van der Waals surface area contributed by atoms with Crippen LogP contribution in [0.15, 0.2) is 36.7 Å². The van der Waals surface area contributed by atoms with E-state index in [0.29, 0.717) is 17.6 Å². The van der Waals surface area contributed by atoms with Crippen molar-refractivity contribution < 1.29 is 4.79 Å². The van der Waals surface area contributed by atoms with Gasteiger partial charge < -0.3 is 9.47 Å². The second-order valence-corrected chi connectivity index (χ2v) is 9.31. The molecule has 1 fully saturated rings. The third kappa shape index (κ3) is 2.72. The number of pyridine rings is 1. The summed E-state index contributed by atoms with van der Waals surface area (Å²) in [4.78, 5) is 24.7. The number of amides is 1. The number of carbonyl (C=O) groups excluding carboxylic acids is 1. The zero-order valence-corrected chi connectivity index (χ0v) is 18.1. The van der Waals surface area contributed by atoms with E-state index in [1.165, 1.54) is 0 Å². The molecular formula is C22H23ClN4OS. The first-order valence-electron chi connectivity index (χ1n) is 10.1. The van der Waals surface area contributed by atoms with Crippen LogP contribution in [0.4, 0.5) is 5.69 Å². The van der Waals surface area contributed by atoms with E-state index in [9.17, 15) is 4.79 Å². The first-order chi connectivity index (χ1) is 14.1. The van der Waals surface area contributed by atoms with Crippen LogP contribution >= 0.6 is 23.4 Å². The van der Waals surface area contributed by atoms with Gasteiger partial charge in [0.1, 0.15) is 5.82 Å². The summed E-state index contributed by atoms with van der Waals surface area (Å²) in [6.45, 7) is 4.64. The molecule has 0 unspecified atom stereocenters. The number of thioether (sulfide) groups is 1. The third-order valence-electron chi connectivity index (χ3n) is 6.48. The Morgan fingerprint density at radius 2 is 2.03 bits per heavy atom. The molecule has 5 rings (SSSR count). The molecule has 29 heavy (non-hydrogen) atoms. The Labute approximate surface area is 179 Å². The van der Waals surface area contributed by atoms with Gasteiger partial charge in [0.25, 0.3) is 0 Å². The molecule has 1 amide bonds. The molecule has 3 aromatic rings. The monoisotopic (exact) mass is 426 g/mol. The number of anilines is 1. The van der Waals surface area contributed by atoms with Gasteiger partial charge in [-0.25, -0.2) is 4.98 Å². The highest BCUT2D eigenvalue weighted by Gasteiger charge is 2.48. The van der Waals surface area contributed by atoms with Crippen molar-refractivity contribution in [2.75, 3.05) is 16.4 Å². The number of benzene rings is 1. The number of imidazole rings is 1. The van der Waals surface area contributed by atoms with Crippen molar-refractivity contribution in [1.82, 2.24) is 14.5 Å². The lowest BCUT2D eigenvalue weighted by Crippen LogP contribution is -2.40. The molecule has 7 heteroatoms. The highest BCUT2D eigenvalue weighted by molar-refractivity contribution is 8.00. The molecule has 2 aromatic heterocycles. The lowest BCUT2D eigenvalue weighted by molar-refractivity contribution is -0.123. The van der Waals surface area contributed by atoms with E-state index in [0.717, 1.165) is 52.5 Å². The molecule has 2 aliphatic heterocycles. The van der Waals surface area contributed by atoms with Crippen LogP contribution in [-0.2, 0) is 16.8 Å². The molecule has 2 aliphatic rings. The van der Waals surface area contributed by atoms with E-state index < -0.39 is 5.41 Å². The van der Waals surface area contributed by atoms with Crippen molar-refractivity contribution in [3.05, 3.63) is 53.1 Å². The number of nitrogens with zero attached hydrogens (tertiary/aromatic N) is 4. The van der Waals surface area contributed by atoms with Gasteiger partial charge in [-0.1, -0.05) is 25.4 Å². The first-order valence-corrected chi connectivity index (χ1v) is 11.6. The molecule has 1 aromatic carbocycles. The van der Waals surface area contributed by atoms with E-state index in [1.807, 2.05) is 47.1 Å². The smallest absolute Gasteiger partial charge is 0.238 e. The quantitative estimate of drug-likeness (QED) is 0.577. The summed E-state index contributed by atoms with van der Waals surface area (Å²) >= 11 is 8.15. The Balaban J connectivity index is 1.62. The Morgan fingerprint density at radius 3 is 2.72 bits per heavy atom. The average Bonchev–Trinajstić information content (AvgIpc) is 3.14. The largest absolute Gasteiger partial charge is 0.322 e. The van der Waals surface area contributed by atoms with Gasteiger partial charge in [-0.3, -0.25) is 9.78 Å². The van der Waals surface area contributed by atoms with Gasteiger partial charge in [0.2, 0.25) is 5.91 Å². The number of carbonyl (C=O) groups is 1. The summed E-state index contributed by atoms with van der Waals surface area (Å²) in [5.74, 6) is 3.21. The molecule has 0 atom stereocenters. The zero-order chi connectivity index (χ0) is 20.2. The number of rotatable bonds is 5. The van der Waals surface area contributed by atoms with Crippen LogP contribution < -0.4 is 4.90 Å². The number of hydrogen-bond acceptors (Lipinski definition) is 4. The molecular weight excluding hydrogens is 404 g/mol. The van der Waals surface area contributed by atoms with Crippen molar-refractivity contribution in [2.45, 2.75) is 44.7 Å². The first kappa shape index (κ1) is 18.9. The van der Waals surface area contributed by atoms with Crippen LogP contribution in [0.5, 0.6) is 0 Å². The Hall–Kier alpha value is -2.05. The summed E-state index contributed by atoms with van der Waals surface area (Å²) < 4.78 is 2.31. The lowest BCUT2D eigenvalue weighted by Gasteiger charge is -2.30. The molecule has 150 valence electrons. The van der Waals surface area contributed by atoms with E-state index >= 15 is 0 Å². The van der Waals surface area contributed by atoms with Crippen molar-refractivity contribution in [3.8, 4) is 0 Å². The van der Waals surface area contributed by atoms with Crippen molar-refractivity contribution in [3.63, 3.8) is 0 Å². The topological polar surface area (TPSA) is 51.0 Å². The maximum absolute atomic E-state index is 13.6. The molecule has 0 spiro atoms. The predicted octanol–water partition coefficient (Wildman–Crippen LogP) is 4.98. The molecule has 5 nitrogen and oxygen atoms in total. The molecule has 0 N–H and O–H groups in total. The average molecular weight is 427 g/mol. The number of hydrogen-bond donors (Lipinski definition) is 0. The maximum atomic E-state index is 13.6. The summed E-state index contributed by atoms with van der Waals surface area (Å²) in [6.07, 6.45) is 5.17. The van der Waals surface area contributed by atoms with Gasteiger partial charge in [0.05, 0.1) is 40.9 Å². The molecule has 0 radical (unpaired) electrons. The standard InChI is InChI=1S/C22H23ClN4OS/c1-3-22(4-2)16-7-8-24-10-19(16)26(21(22)28)11-20-25-17-9-14(23)5-6-18(17)27(20)15-12-29-13-15/h5-10,15H,3-4,11-13H2,1-2H3. The molecule has 1 saturated heterocycles. The second-order valence-electron chi connectivity index (χ2n) is 7.80. The van der Waals surface area contributed by atoms with Gasteiger partial charge in [-0.2, -0.15) is 11.8 Å². The maximum Gasteiger partial charge on any atom is 0.238 e. The molecule has 4 heterocycles. The lowest BCUT2D eigenvalue weighted by atomic mass is 9.77. The minimum absolute atomic E-state index is 0.158.